The van der Waals surface area contributed by atoms with Crippen LogP contribution in [0.3, 0.4) is 0 Å². The summed E-state index contributed by atoms with van der Waals surface area (Å²) in [7, 11) is 3.83. The Balaban J connectivity index is 1.84. The summed E-state index contributed by atoms with van der Waals surface area (Å²) in [6.07, 6.45) is 9.44. The van der Waals surface area contributed by atoms with Crippen molar-refractivity contribution in [2.45, 2.75) is 38.3 Å². The summed E-state index contributed by atoms with van der Waals surface area (Å²) >= 11 is 0. The van der Waals surface area contributed by atoms with E-state index < -0.39 is 0 Å². The molecule has 0 amide bonds. The van der Waals surface area contributed by atoms with Crippen LogP contribution in [0.2, 0.25) is 0 Å². The molecule has 1 unspecified atom stereocenters. The first-order valence-corrected chi connectivity index (χ1v) is 6.85. The fourth-order valence-corrected chi connectivity index (χ4v) is 2.86. The molecule has 2 aromatic heterocycles. The molecular weight excluding hydrogens is 240 g/mol. The molecule has 0 fully saturated rings. The van der Waals surface area contributed by atoms with Gasteiger partial charge in [0.15, 0.2) is 5.82 Å². The third-order valence-corrected chi connectivity index (χ3v) is 3.78. The lowest BCUT2D eigenvalue weighted by Gasteiger charge is -2.13. The number of hydrogen-bond acceptors (Lipinski definition) is 4. The van der Waals surface area contributed by atoms with Gasteiger partial charge in [-0.2, -0.15) is 4.80 Å². The van der Waals surface area contributed by atoms with Crippen LogP contribution in [0.15, 0.2) is 12.4 Å². The third-order valence-electron chi connectivity index (χ3n) is 3.78. The van der Waals surface area contributed by atoms with Crippen molar-refractivity contribution < 1.29 is 0 Å². The Labute approximate surface area is 112 Å². The van der Waals surface area contributed by atoms with E-state index in [9.17, 15) is 0 Å². The molecule has 0 saturated carbocycles. The van der Waals surface area contributed by atoms with E-state index in [4.69, 9.17) is 0 Å². The Bertz CT molecular complexity index is 555. The fourth-order valence-electron chi connectivity index (χ4n) is 2.86. The van der Waals surface area contributed by atoms with Crippen molar-refractivity contribution in [3.8, 4) is 0 Å². The number of hydrogen-bond donors (Lipinski definition) is 1. The smallest absolute Gasteiger partial charge is 0.194 e. The highest BCUT2D eigenvalue weighted by Gasteiger charge is 2.19. The second-order valence-electron chi connectivity index (χ2n) is 5.19. The van der Waals surface area contributed by atoms with Gasteiger partial charge in [-0.15, -0.1) is 10.2 Å². The average molecular weight is 260 g/mol. The van der Waals surface area contributed by atoms with Crippen molar-refractivity contribution in [1.29, 1.82) is 0 Å². The molecule has 1 aliphatic carbocycles. The Morgan fingerprint density at radius 1 is 1.37 bits per heavy atom. The summed E-state index contributed by atoms with van der Waals surface area (Å²) < 4.78 is 2.18. The molecule has 2 heterocycles. The minimum atomic E-state index is 0.480. The molecule has 0 aromatic carbocycles. The Morgan fingerprint density at radius 2 is 2.26 bits per heavy atom. The molecule has 0 aliphatic heterocycles. The first-order valence-electron chi connectivity index (χ1n) is 6.85. The van der Waals surface area contributed by atoms with Crippen LogP contribution in [0.5, 0.6) is 0 Å². The standard InChI is InChI=1S/C13H20N6/c1-14-12-6-4-3-5-10-7-19(8-11(10)12)9-13-15-17-18(2)16-13/h7-8,12,14H,3-6,9H2,1-2H3. The minimum Gasteiger partial charge on any atom is -0.346 e. The maximum atomic E-state index is 4.23. The van der Waals surface area contributed by atoms with Gasteiger partial charge < -0.3 is 9.88 Å². The number of rotatable bonds is 3. The molecule has 0 spiro atoms. The van der Waals surface area contributed by atoms with Crippen LogP contribution in [0.1, 0.15) is 42.3 Å². The summed E-state index contributed by atoms with van der Waals surface area (Å²) in [6, 6.07) is 0.480. The topological polar surface area (TPSA) is 60.6 Å². The van der Waals surface area contributed by atoms with Gasteiger partial charge in [-0.1, -0.05) is 6.42 Å². The van der Waals surface area contributed by atoms with E-state index in [0.29, 0.717) is 12.6 Å². The van der Waals surface area contributed by atoms with E-state index >= 15 is 0 Å². The van der Waals surface area contributed by atoms with Crippen molar-refractivity contribution in [2.24, 2.45) is 7.05 Å². The van der Waals surface area contributed by atoms with Gasteiger partial charge in [0, 0.05) is 18.4 Å². The molecule has 0 radical (unpaired) electrons. The highest BCUT2D eigenvalue weighted by molar-refractivity contribution is 5.29. The molecular formula is C13H20N6. The number of aromatic nitrogens is 5. The normalized spacial score (nSPS) is 19.2. The summed E-state index contributed by atoms with van der Waals surface area (Å²) in [5.41, 5.74) is 2.89. The van der Waals surface area contributed by atoms with E-state index in [1.54, 1.807) is 7.05 Å². The van der Waals surface area contributed by atoms with Crippen LogP contribution >= 0.6 is 0 Å². The first-order chi connectivity index (χ1) is 9.26. The number of tetrazole rings is 1. The maximum absolute atomic E-state index is 4.23. The van der Waals surface area contributed by atoms with Crippen LogP contribution in [-0.4, -0.2) is 31.8 Å². The summed E-state index contributed by atoms with van der Waals surface area (Å²) in [5.74, 6) is 0.758. The molecule has 1 N–H and O–H groups in total. The van der Waals surface area contributed by atoms with Gasteiger partial charge in [0.2, 0.25) is 0 Å². The lowest BCUT2D eigenvalue weighted by atomic mass is 10.1. The molecule has 3 rings (SSSR count). The van der Waals surface area contributed by atoms with Crippen LogP contribution in [-0.2, 0) is 20.0 Å². The molecule has 6 heteroatoms. The highest BCUT2D eigenvalue weighted by Crippen LogP contribution is 2.29. The van der Waals surface area contributed by atoms with Crippen molar-refractivity contribution >= 4 is 0 Å². The monoisotopic (exact) mass is 260 g/mol. The first kappa shape index (κ1) is 12.3. The zero-order valence-electron chi connectivity index (χ0n) is 11.5. The highest BCUT2D eigenvalue weighted by atomic mass is 15.6. The number of nitrogens with zero attached hydrogens (tertiary/aromatic N) is 5. The molecule has 19 heavy (non-hydrogen) atoms. The Morgan fingerprint density at radius 3 is 3.00 bits per heavy atom. The molecule has 2 aromatic rings. The van der Waals surface area contributed by atoms with E-state index in [0.717, 1.165) is 5.82 Å². The number of aryl methyl sites for hydroxylation is 2. The largest absolute Gasteiger partial charge is 0.346 e. The maximum Gasteiger partial charge on any atom is 0.194 e. The van der Waals surface area contributed by atoms with E-state index in [-0.39, 0.29) is 0 Å². The predicted molar refractivity (Wildman–Crippen MR) is 71.7 cm³/mol. The van der Waals surface area contributed by atoms with E-state index in [1.165, 1.54) is 41.6 Å². The van der Waals surface area contributed by atoms with Crippen molar-refractivity contribution in [1.82, 2.24) is 30.1 Å². The van der Waals surface area contributed by atoms with Gasteiger partial charge >= 0.3 is 0 Å². The van der Waals surface area contributed by atoms with Gasteiger partial charge in [0.05, 0.1) is 13.6 Å². The quantitative estimate of drug-likeness (QED) is 0.838. The Kier molecular flexibility index (Phi) is 3.33. The molecule has 0 bridgehead atoms. The van der Waals surface area contributed by atoms with Crippen LogP contribution in [0, 0.1) is 0 Å². The zero-order chi connectivity index (χ0) is 13.2. The van der Waals surface area contributed by atoms with Crippen LogP contribution in [0.25, 0.3) is 0 Å². The number of nitrogens with one attached hydrogen (secondary N) is 1. The molecule has 0 saturated heterocycles. The number of fused-ring (bicyclic) bond motifs is 1. The van der Waals surface area contributed by atoms with Crippen molar-refractivity contribution in [3.05, 3.63) is 29.3 Å². The predicted octanol–water partition coefficient (Wildman–Crippen LogP) is 1.05. The fraction of sp³-hybridized carbons (Fsp3) is 0.615. The lowest BCUT2D eigenvalue weighted by Crippen LogP contribution is -2.15. The van der Waals surface area contributed by atoms with Gasteiger partial charge in [0.25, 0.3) is 0 Å². The van der Waals surface area contributed by atoms with E-state index in [2.05, 4.69) is 37.7 Å². The minimum absolute atomic E-state index is 0.480. The zero-order valence-corrected chi connectivity index (χ0v) is 11.5. The van der Waals surface area contributed by atoms with E-state index in [1.807, 2.05) is 7.05 Å². The van der Waals surface area contributed by atoms with Gasteiger partial charge in [-0.25, -0.2) is 0 Å². The van der Waals surface area contributed by atoms with Crippen LogP contribution < -0.4 is 5.32 Å². The average Bonchev–Trinajstić information content (AvgIpc) is 2.92. The molecule has 6 nitrogen and oxygen atoms in total. The van der Waals surface area contributed by atoms with Crippen LogP contribution in [0.4, 0.5) is 0 Å². The van der Waals surface area contributed by atoms with Gasteiger partial charge in [-0.3, -0.25) is 0 Å². The third kappa shape index (κ3) is 2.53. The van der Waals surface area contributed by atoms with Crippen molar-refractivity contribution in [3.63, 3.8) is 0 Å². The molecule has 1 atom stereocenters. The van der Waals surface area contributed by atoms with Crippen molar-refractivity contribution in [2.75, 3.05) is 7.05 Å². The van der Waals surface area contributed by atoms with Gasteiger partial charge in [-0.05, 0) is 42.7 Å². The Hall–Kier alpha value is -1.69. The SMILES string of the molecule is CNC1CCCCc2cn(Cc3nnn(C)n3)cc21. The van der Waals surface area contributed by atoms with Gasteiger partial charge in [0.1, 0.15) is 0 Å². The summed E-state index contributed by atoms with van der Waals surface area (Å²) in [6.45, 7) is 0.692. The molecule has 1 aliphatic rings. The molecule has 102 valence electrons. The summed E-state index contributed by atoms with van der Waals surface area (Å²) in [5, 5.41) is 15.6. The summed E-state index contributed by atoms with van der Waals surface area (Å²) in [4.78, 5) is 1.50. The second-order valence-corrected chi connectivity index (χ2v) is 5.19. The second kappa shape index (κ2) is 5.13. The lowest BCUT2D eigenvalue weighted by molar-refractivity contribution is 0.530.